The van der Waals surface area contributed by atoms with Gasteiger partial charge in [0, 0.05) is 18.9 Å². The van der Waals surface area contributed by atoms with Gasteiger partial charge in [-0.05, 0) is 47.5 Å². The van der Waals surface area contributed by atoms with Crippen LogP contribution in [0.25, 0.3) is 0 Å². The number of rotatable bonds is 2. The number of hydrogen-bond acceptors (Lipinski definition) is 2. The molecule has 2 heteroatoms. The Morgan fingerprint density at radius 1 is 1.00 bits per heavy atom. The van der Waals surface area contributed by atoms with Gasteiger partial charge >= 0.3 is 0 Å². The summed E-state index contributed by atoms with van der Waals surface area (Å²) in [5.41, 5.74) is 0.621. The fourth-order valence-electron chi connectivity index (χ4n) is 7.91. The first-order valence-corrected chi connectivity index (χ1v) is 8.09. The normalized spacial score (nSPS) is 63.2. The van der Waals surface area contributed by atoms with Crippen LogP contribution >= 0.6 is 0 Å². The number of fused-ring (bicyclic) bond motifs is 2. The summed E-state index contributed by atoms with van der Waals surface area (Å²) >= 11 is 0. The zero-order valence-electron chi connectivity index (χ0n) is 11.6. The number of benzene rings is 1. The van der Waals surface area contributed by atoms with Crippen LogP contribution < -0.4 is 0 Å². The first-order chi connectivity index (χ1) is 9.78. The first kappa shape index (κ1) is 10.8. The molecule has 5 aliphatic carbocycles. The summed E-state index contributed by atoms with van der Waals surface area (Å²) in [6, 6.07) is 10.5. The van der Waals surface area contributed by atoms with Crippen LogP contribution in [0.3, 0.4) is 0 Å². The van der Waals surface area contributed by atoms with Crippen molar-refractivity contribution < 1.29 is 9.84 Å². The van der Waals surface area contributed by atoms with Crippen molar-refractivity contribution in [1.82, 2.24) is 0 Å². The molecule has 6 rings (SSSR count). The Labute approximate surface area is 119 Å². The molecule has 0 aliphatic heterocycles. The molecule has 0 aromatic heterocycles. The van der Waals surface area contributed by atoms with Gasteiger partial charge in [0.15, 0.2) is 0 Å². The average molecular weight is 268 g/mol. The lowest BCUT2D eigenvalue weighted by Gasteiger charge is -2.54. The Kier molecular flexibility index (Phi) is 1.62. The fourth-order valence-corrected chi connectivity index (χ4v) is 7.91. The lowest BCUT2D eigenvalue weighted by Crippen LogP contribution is -2.57. The molecule has 0 heterocycles. The standard InChI is InChI=1S/C18H20O2/c1-20-17-13-9-7-10-12-11(9)14(17)16(12)18(19,15(10)13)8-5-3-2-4-6-8/h2-6,9-17,19H,7H2,1H3/t9-,10-,11+,12+,13+,14+,15+,16+,17+,18+/m0/s1. The van der Waals surface area contributed by atoms with E-state index in [0.29, 0.717) is 29.8 Å². The Morgan fingerprint density at radius 2 is 1.80 bits per heavy atom. The van der Waals surface area contributed by atoms with Crippen LogP contribution in [-0.2, 0) is 10.3 Å². The van der Waals surface area contributed by atoms with E-state index in [1.165, 1.54) is 12.0 Å². The quantitative estimate of drug-likeness (QED) is 0.891. The molecule has 5 saturated carbocycles. The maximum atomic E-state index is 11.7. The third kappa shape index (κ3) is 0.791. The van der Waals surface area contributed by atoms with Gasteiger partial charge in [0.05, 0.1) is 11.7 Å². The van der Waals surface area contributed by atoms with E-state index in [9.17, 15) is 5.11 Å². The smallest absolute Gasteiger partial charge is 0.0965 e. The summed E-state index contributed by atoms with van der Waals surface area (Å²) in [6.45, 7) is 0. The number of ether oxygens (including phenoxy) is 1. The molecule has 5 fully saturated rings. The highest BCUT2D eigenvalue weighted by molar-refractivity contribution is 5.40. The molecule has 5 aliphatic rings. The van der Waals surface area contributed by atoms with Gasteiger partial charge in [0.1, 0.15) is 0 Å². The zero-order chi connectivity index (χ0) is 13.2. The topological polar surface area (TPSA) is 29.5 Å². The summed E-state index contributed by atoms with van der Waals surface area (Å²) < 4.78 is 5.89. The van der Waals surface area contributed by atoms with E-state index < -0.39 is 5.60 Å². The predicted octanol–water partition coefficient (Wildman–Crippen LogP) is 2.28. The number of aliphatic hydroxyl groups is 1. The predicted molar refractivity (Wildman–Crippen MR) is 73.7 cm³/mol. The molecule has 0 spiro atoms. The van der Waals surface area contributed by atoms with E-state index in [1.54, 1.807) is 0 Å². The molecule has 10 atom stereocenters. The van der Waals surface area contributed by atoms with Gasteiger partial charge in [-0.1, -0.05) is 30.3 Å². The molecular weight excluding hydrogens is 248 g/mol. The van der Waals surface area contributed by atoms with Crippen molar-refractivity contribution in [3.63, 3.8) is 0 Å². The summed E-state index contributed by atoms with van der Waals surface area (Å²) in [5, 5.41) is 11.7. The molecule has 104 valence electrons. The number of hydrogen-bond donors (Lipinski definition) is 1. The first-order valence-electron chi connectivity index (χ1n) is 8.09. The molecule has 2 bridgehead atoms. The van der Waals surface area contributed by atoms with Crippen LogP contribution in [0.2, 0.25) is 0 Å². The van der Waals surface area contributed by atoms with Crippen LogP contribution in [0.4, 0.5) is 0 Å². The van der Waals surface area contributed by atoms with Gasteiger partial charge in [0.25, 0.3) is 0 Å². The molecule has 1 N–H and O–H groups in total. The Morgan fingerprint density at radius 3 is 2.55 bits per heavy atom. The molecule has 0 saturated heterocycles. The van der Waals surface area contributed by atoms with Crippen molar-refractivity contribution in [2.45, 2.75) is 18.1 Å². The van der Waals surface area contributed by atoms with Gasteiger partial charge < -0.3 is 9.84 Å². The van der Waals surface area contributed by atoms with E-state index in [-0.39, 0.29) is 0 Å². The van der Waals surface area contributed by atoms with Gasteiger partial charge in [-0.15, -0.1) is 0 Å². The zero-order valence-corrected chi connectivity index (χ0v) is 11.6. The van der Waals surface area contributed by atoms with Crippen LogP contribution in [0, 0.1) is 47.3 Å². The van der Waals surface area contributed by atoms with Crippen LogP contribution in [-0.4, -0.2) is 18.3 Å². The molecular formula is C18H20O2. The highest BCUT2D eigenvalue weighted by Gasteiger charge is 2.87. The second kappa shape index (κ2) is 3.00. The van der Waals surface area contributed by atoms with Crippen LogP contribution in [0.5, 0.6) is 0 Å². The Hall–Kier alpha value is -0.860. The minimum absolute atomic E-state index is 0.438. The maximum Gasteiger partial charge on any atom is 0.0965 e. The Bertz CT molecular complexity index is 599. The van der Waals surface area contributed by atoms with Crippen molar-refractivity contribution in [1.29, 1.82) is 0 Å². The third-order valence-electron chi connectivity index (χ3n) is 7.91. The van der Waals surface area contributed by atoms with Gasteiger partial charge in [-0.3, -0.25) is 0 Å². The molecule has 0 unspecified atom stereocenters. The lowest BCUT2D eigenvalue weighted by atomic mass is 9.54. The van der Waals surface area contributed by atoms with Crippen molar-refractivity contribution in [3.05, 3.63) is 35.9 Å². The van der Waals surface area contributed by atoms with Gasteiger partial charge in [-0.25, -0.2) is 0 Å². The third-order valence-corrected chi connectivity index (χ3v) is 7.91. The maximum absolute atomic E-state index is 11.7. The van der Waals surface area contributed by atoms with Crippen LogP contribution in [0.15, 0.2) is 30.3 Å². The molecule has 1 aromatic carbocycles. The summed E-state index contributed by atoms with van der Waals surface area (Å²) in [5.74, 6) is 5.52. The van der Waals surface area contributed by atoms with E-state index in [1.807, 2.05) is 7.11 Å². The van der Waals surface area contributed by atoms with Crippen molar-refractivity contribution in [2.24, 2.45) is 47.3 Å². The monoisotopic (exact) mass is 268 g/mol. The lowest BCUT2D eigenvalue weighted by molar-refractivity contribution is -0.183. The second-order valence-electron chi connectivity index (χ2n) is 7.82. The molecule has 20 heavy (non-hydrogen) atoms. The van der Waals surface area contributed by atoms with E-state index in [4.69, 9.17) is 4.74 Å². The molecule has 0 amide bonds. The van der Waals surface area contributed by atoms with Gasteiger partial charge in [-0.2, -0.15) is 0 Å². The van der Waals surface area contributed by atoms with Gasteiger partial charge in [0.2, 0.25) is 0 Å². The average Bonchev–Trinajstić information content (AvgIpc) is 2.98. The minimum atomic E-state index is -0.553. The van der Waals surface area contributed by atoms with Crippen molar-refractivity contribution in [3.8, 4) is 0 Å². The van der Waals surface area contributed by atoms with E-state index >= 15 is 0 Å². The Balaban J connectivity index is 1.58. The molecule has 0 radical (unpaired) electrons. The number of methoxy groups -OCH3 is 1. The highest BCUT2D eigenvalue weighted by Crippen LogP contribution is 2.87. The molecule has 2 nitrogen and oxygen atoms in total. The van der Waals surface area contributed by atoms with Crippen molar-refractivity contribution in [2.75, 3.05) is 7.11 Å². The van der Waals surface area contributed by atoms with E-state index in [0.717, 1.165) is 23.7 Å². The fraction of sp³-hybridized carbons (Fsp3) is 0.667. The summed E-state index contributed by atoms with van der Waals surface area (Å²) in [7, 11) is 1.89. The summed E-state index contributed by atoms with van der Waals surface area (Å²) in [6.07, 6.45) is 1.81. The highest BCUT2D eigenvalue weighted by atomic mass is 16.5. The summed E-state index contributed by atoms with van der Waals surface area (Å²) in [4.78, 5) is 0. The van der Waals surface area contributed by atoms with Crippen LogP contribution in [0.1, 0.15) is 12.0 Å². The SMILES string of the molecule is CO[C@H]1[C@@H]2[C@@H]3[C@@H]4C[C@H]5[C@H]3[C@H]2[C@@](O)(c2ccccc2)[C@H]5[C@@H]41. The van der Waals surface area contributed by atoms with Crippen molar-refractivity contribution >= 4 is 0 Å². The second-order valence-corrected chi connectivity index (χ2v) is 7.82. The molecule has 1 aromatic rings. The largest absolute Gasteiger partial charge is 0.385 e. The van der Waals surface area contributed by atoms with E-state index in [2.05, 4.69) is 30.3 Å². The minimum Gasteiger partial charge on any atom is -0.385 e.